The van der Waals surface area contributed by atoms with Crippen LogP contribution < -0.4 is 0 Å². The van der Waals surface area contributed by atoms with E-state index in [0.717, 1.165) is 12.0 Å². The molecule has 0 bridgehead atoms. The maximum atomic E-state index is 5.48. The van der Waals surface area contributed by atoms with Gasteiger partial charge in [-0.15, -0.1) is 6.42 Å². The van der Waals surface area contributed by atoms with E-state index in [1.165, 1.54) is 16.7 Å². The highest BCUT2D eigenvalue weighted by Gasteiger charge is 2.00. The van der Waals surface area contributed by atoms with Gasteiger partial charge in [0.05, 0.1) is 0 Å². The Balaban J connectivity index is 2.27. The highest BCUT2D eigenvalue weighted by Crippen LogP contribution is 2.14. The van der Waals surface area contributed by atoms with Crippen molar-refractivity contribution in [3.8, 4) is 12.3 Å². The Morgan fingerprint density at radius 3 is 2.38 bits per heavy atom. The zero-order valence-corrected chi connectivity index (χ0v) is 9.40. The Kier molecular flexibility index (Phi) is 3.08. The first-order chi connectivity index (χ1) is 7.79. The number of hydrogen-bond acceptors (Lipinski definition) is 0. The molecule has 0 aliphatic heterocycles. The molecule has 0 amide bonds. The van der Waals surface area contributed by atoms with E-state index >= 15 is 0 Å². The molecule has 0 heterocycles. The molecule has 2 rings (SSSR count). The lowest BCUT2D eigenvalue weighted by atomic mass is 9.99. The molecular formula is C16H14. The summed E-state index contributed by atoms with van der Waals surface area (Å²) >= 11 is 0. The fraction of sp³-hybridized carbons (Fsp3) is 0.125. The smallest absolute Gasteiger partial charge is 0.0277 e. The number of benzene rings is 2. The van der Waals surface area contributed by atoms with Crippen LogP contribution in [-0.2, 0) is 6.42 Å². The van der Waals surface area contributed by atoms with Gasteiger partial charge >= 0.3 is 0 Å². The lowest BCUT2D eigenvalue weighted by molar-refractivity contribution is 1.18. The van der Waals surface area contributed by atoms with Crippen molar-refractivity contribution in [2.45, 2.75) is 13.3 Å². The third-order valence-electron chi connectivity index (χ3n) is 2.69. The summed E-state index contributed by atoms with van der Waals surface area (Å²) in [6, 6.07) is 16.7. The minimum atomic E-state index is 0.903. The quantitative estimate of drug-likeness (QED) is 0.659. The summed E-state index contributed by atoms with van der Waals surface area (Å²) in [6.07, 6.45) is 6.38. The Hall–Kier alpha value is -2.00. The molecule has 78 valence electrons. The summed E-state index contributed by atoms with van der Waals surface area (Å²) in [5.41, 5.74) is 4.79. The number of terminal acetylenes is 1. The van der Waals surface area contributed by atoms with E-state index in [1.54, 1.807) is 0 Å². The predicted octanol–water partition coefficient (Wildman–Crippen LogP) is 3.57. The highest BCUT2D eigenvalue weighted by molar-refractivity contribution is 5.42. The molecule has 0 unspecified atom stereocenters. The molecule has 0 atom stereocenters. The van der Waals surface area contributed by atoms with Crippen LogP contribution in [-0.4, -0.2) is 0 Å². The van der Waals surface area contributed by atoms with Gasteiger partial charge in [0.15, 0.2) is 0 Å². The predicted molar refractivity (Wildman–Crippen MR) is 68.4 cm³/mol. The molecule has 0 aliphatic rings. The van der Waals surface area contributed by atoms with Crippen molar-refractivity contribution in [3.05, 3.63) is 70.8 Å². The van der Waals surface area contributed by atoms with E-state index in [9.17, 15) is 0 Å². The van der Waals surface area contributed by atoms with Crippen LogP contribution in [0.3, 0.4) is 0 Å². The van der Waals surface area contributed by atoms with Gasteiger partial charge in [0.2, 0.25) is 0 Å². The first-order valence-electron chi connectivity index (χ1n) is 5.39. The molecule has 0 radical (unpaired) electrons. The van der Waals surface area contributed by atoms with E-state index in [4.69, 9.17) is 6.42 Å². The zero-order chi connectivity index (χ0) is 11.4. The zero-order valence-electron chi connectivity index (χ0n) is 9.40. The minimum Gasteiger partial charge on any atom is -0.115 e. The van der Waals surface area contributed by atoms with Gasteiger partial charge in [-0.2, -0.15) is 0 Å². The van der Waals surface area contributed by atoms with E-state index in [1.807, 2.05) is 18.2 Å². The van der Waals surface area contributed by atoms with Crippen LogP contribution >= 0.6 is 0 Å². The van der Waals surface area contributed by atoms with E-state index in [-0.39, 0.29) is 0 Å². The Bertz CT molecular complexity index is 512. The van der Waals surface area contributed by atoms with Crippen molar-refractivity contribution < 1.29 is 0 Å². The van der Waals surface area contributed by atoms with Crippen LogP contribution in [0, 0.1) is 19.3 Å². The minimum absolute atomic E-state index is 0.903. The first-order valence-corrected chi connectivity index (χ1v) is 5.39. The third-order valence-corrected chi connectivity index (χ3v) is 2.69. The first kappa shape index (κ1) is 10.5. The molecule has 0 saturated heterocycles. The van der Waals surface area contributed by atoms with Gasteiger partial charge < -0.3 is 0 Å². The van der Waals surface area contributed by atoms with E-state index < -0.39 is 0 Å². The van der Waals surface area contributed by atoms with E-state index in [2.05, 4.69) is 43.2 Å². The summed E-state index contributed by atoms with van der Waals surface area (Å²) < 4.78 is 0. The largest absolute Gasteiger partial charge is 0.115 e. The molecule has 0 aromatic heterocycles. The van der Waals surface area contributed by atoms with E-state index in [0.29, 0.717) is 0 Å². The van der Waals surface area contributed by atoms with Gasteiger partial charge in [0, 0.05) is 5.56 Å². The molecule has 0 saturated carbocycles. The van der Waals surface area contributed by atoms with Crippen LogP contribution in [0.2, 0.25) is 0 Å². The number of hydrogen-bond donors (Lipinski definition) is 0. The van der Waals surface area contributed by atoms with Gasteiger partial charge in [-0.25, -0.2) is 0 Å². The third kappa shape index (κ3) is 2.32. The second kappa shape index (κ2) is 4.68. The molecule has 0 N–H and O–H groups in total. The lowest BCUT2D eigenvalue weighted by Gasteiger charge is -2.05. The fourth-order valence-electron chi connectivity index (χ4n) is 1.74. The highest BCUT2D eigenvalue weighted by atomic mass is 14.0. The molecule has 0 spiro atoms. The summed E-state index contributed by atoms with van der Waals surface area (Å²) in [7, 11) is 0. The van der Waals surface area contributed by atoms with Crippen molar-refractivity contribution in [1.29, 1.82) is 0 Å². The van der Waals surface area contributed by atoms with Gasteiger partial charge in [-0.3, -0.25) is 0 Å². The molecule has 2 aromatic carbocycles. The topological polar surface area (TPSA) is 0 Å². The van der Waals surface area contributed by atoms with Crippen LogP contribution in [0.4, 0.5) is 0 Å². The van der Waals surface area contributed by atoms with Crippen LogP contribution in [0.5, 0.6) is 0 Å². The van der Waals surface area contributed by atoms with Crippen LogP contribution in [0.25, 0.3) is 0 Å². The van der Waals surface area contributed by atoms with Crippen molar-refractivity contribution in [1.82, 2.24) is 0 Å². The Labute approximate surface area is 96.9 Å². The summed E-state index contributed by atoms with van der Waals surface area (Å²) in [4.78, 5) is 0. The van der Waals surface area contributed by atoms with Gasteiger partial charge in [0.1, 0.15) is 0 Å². The summed E-state index contributed by atoms with van der Waals surface area (Å²) in [6.45, 7) is 2.10. The van der Waals surface area contributed by atoms with Crippen molar-refractivity contribution in [2.24, 2.45) is 0 Å². The second-order valence-corrected chi connectivity index (χ2v) is 3.96. The second-order valence-electron chi connectivity index (χ2n) is 3.96. The molecule has 0 nitrogen and oxygen atoms in total. The lowest BCUT2D eigenvalue weighted by Crippen LogP contribution is -1.91. The maximum absolute atomic E-state index is 5.48. The van der Waals surface area contributed by atoms with Crippen molar-refractivity contribution >= 4 is 0 Å². The molecule has 0 aliphatic carbocycles. The molecule has 0 fully saturated rings. The van der Waals surface area contributed by atoms with Crippen molar-refractivity contribution in [2.75, 3.05) is 0 Å². The molecular weight excluding hydrogens is 192 g/mol. The summed E-state index contributed by atoms with van der Waals surface area (Å²) in [5.74, 6) is 2.73. The fourth-order valence-corrected chi connectivity index (χ4v) is 1.74. The number of rotatable bonds is 2. The van der Waals surface area contributed by atoms with Crippen molar-refractivity contribution in [3.63, 3.8) is 0 Å². The average Bonchev–Trinajstić information content (AvgIpc) is 2.33. The van der Waals surface area contributed by atoms with Crippen LogP contribution in [0.1, 0.15) is 22.3 Å². The average molecular weight is 206 g/mol. The summed E-state index contributed by atoms with van der Waals surface area (Å²) in [5, 5.41) is 0. The van der Waals surface area contributed by atoms with Gasteiger partial charge in [-0.1, -0.05) is 53.9 Å². The Morgan fingerprint density at radius 2 is 1.69 bits per heavy atom. The molecule has 0 heteroatoms. The normalized spacial score (nSPS) is 9.75. The monoisotopic (exact) mass is 206 g/mol. The van der Waals surface area contributed by atoms with Gasteiger partial charge in [-0.05, 0) is 30.5 Å². The molecule has 16 heavy (non-hydrogen) atoms. The Morgan fingerprint density at radius 1 is 1.00 bits per heavy atom. The SMILES string of the molecule is C#Cc1ccccc1Cc1ccc(C)cc1. The van der Waals surface area contributed by atoms with Crippen LogP contribution in [0.15, 0.2) is 48.5 Å². The molecule has 2 aromatic rings. The number of aryl methyl sites for hydroxylation is 1. The van der Waals surface area contributed by atoms with Gasteiger partial charge in [0.25, 0.3) is 0 Å². The maximum Gasteiger partial charge on any atom is 0.0277 e. The standard InChI is InChI=1S/C16H14/c1-3-15-6-4-5-7-16(15)12-14-10-8-13(2)9-11-14/h1,4-11H,12H2,2H3.